The topological polar surface area (TPSA) is 90.0 Å². The number of rotatable bonds is 5. The fourth-order valence-corrected chi connectivity index (χ4v) is 4.12. The predicted octanol–water partition coefficient (Wildman–Crippen LogP) is 3.27. The summed E-state index contributed by atoms with van der Waals surface area (Å²) < 4.78 is 0. The molecule has 170 valence electrons. The highest BCUT2D eigenvalue weighted by Crippen LogP contribution is 2.28. The SMILES string of the molecule is CC(C)(C(=O)NC1CN2C=CN(Cc3cccc(Cl)c3)C(=O)C2=C(O)C1=O)c1ccccc1. The standard InChI is InChI=1S/C25H24ClN3O4/c1-25(2,17-8-4-3-5-9-17)24(33)27-19-15-28-11-12-29(14-16-7-6-10-18(26)13-16)23(32)20(28)22(31)21(19)30/h3-13,19,31H,14-15H2,1-2H3,(H,27,33). The minimum absolute atomic E-state index is 0.0437. The maximum absolute atomic E-state index is 13.0. The molecule has 0 fully saturated rings. The average Bonchev–Trinajstić information content (AvgIpc) is 2.79. The molecule has 4 rings (SSSR count). The van der Waals surface area contributed by atoms with Crippen LogP contribution in [0.25, 0.3) is 0 Å². The molecule has 0 saturated heterocycles. The van der Waals surface area contributed by atoms with E-state index in [2.05, 4.69) is 5.32 Å². The number of amides is 2. The molecular formula is C25H24ClN3O4. The third-order valence-corrected chi connectivity index (χ3v) is 6.18. The van der Waals surface area contributed by atoms with Gasteiger partial charge in [0.25, 0.3) is 5.91 Å². The van der Waals surface area contributed by atoms with Crippen LogP contribution in [0.1, 0.15) is 25.0 Å². The van der Waals surface area contributed by atoms with Crippen molar-refractivity contribution in [3.63, 3.8) is 0 Å². The number of benzene rings is 2. The van der Waals surface area contributed by atoms with Gasteiger partial charge in [-0.25, -0.2) is 0 Å². The van der Waals surface area contributed by atoms with E-state index in [0.29, 0.717) is 5.02 Å². The zero-order chi connectivity index (χ0) is 23.8. The Morgan fingerprint density at radius 3 is 2.55 bits per heavy atom. The highest BCUT2D eigenvalue weighted by Gasteiger charge is 2.42. The molecule has 2 aromatic rings. The van der Waals surface area contributed by atoms with Gasteiger partial charge < -0.3 is 20.2 Å². The van der Waals surface area contributed by atoms with Crippen LogP contribution in [-0.4, -0.2) is 45.1 Å². The van der Waals surface area contributed by atoms with Crippen LogP contribution in [0.2, 0.25) is 5.02 Å². The molecule has 0 bridgehead atoms. The van der Waals surface area contributed by atoms with Crippen LogP contribution < -0.4 is 5.32 Å². The molecule has 0 radical (unpaired) electrons. The van der Waals surface area contributed by atoms with Gasteiger partial charge in [0, 0.05) is 17.4 Å². The number of aliphatic hydroxyl groups excluding tert-OH is 1. The largest absolute Gasteiger partial charge is 0.503 e. The number of aliphatic hydroxyl groups is 1. The fourth-order valence-electron chi connectivity index (χ4n) is 3.91. The zero-order valence-corrected chi connectivity index (χ0v) is 19.0. The van der Waals surface area contributed by atoms with Crippen LogP contribution in [0, 0.1) is 0 Å². The minimum Gasteiger partial charge on any atom is -0.503 e. The number of fused-ring (bicyclic) bond motifs is 1. The Morgan fingerprint density at radius 1 is 1.12 bits per heavy atom. The van der Waals surface area contributed by atoms with Gasteiger partial charge in [0.05, 0.1) is 18.5 Å². The lowest BCUT2D eigenvalue weighted by molar-refractivity contribution is -0.133. The number of nitrogens with zero attached hydrogens (tertiary/aromatic N) is 2. The monoisotopic (exact) mass is 465 g/mol. The Hall–Kier alpha value is -3.58. The van der Waals surface area contributed by atoms with Gasteiger partial charge in [0.15, 0.2) is 11.5 Å². The van der Waals surface area contributed by atoms with Gasteiger partial charge in [0.1, 0.15) is 6.04 Å². The average molecular weight is 466 g/mol. The fraction of sp³-hybridized carbons (Fsp3) is 0.240. The second-order valence-corrected chi connectivity index (χ2v) is 9.03. The number of ketones is 1. The molecule has 2 amide bonds. The van der Waals surface area contributed by atoms with Crippen molar-refractivity contribution in [2.45, 2.75) is 31.8 Å². The summed E-state index contributed by atoms with van der Waals surface area (Å²) in [4.78, 5) is 41.8. The van der Waals surface area contributed by atoms with Crippen LogP contribution in [0.4, 0.5) is 0 Å². The van der Waals surface area contributed by atoms with E-state index in [-0.39, 0.29) is 24.7 Å². The zero-order valence-electron chi connectivity index (χ0n) is 18.3. The molecule has 2 aliphatic rings. The summed E-state index contributed by atoms with van der Waals surface area (Å²) in [6.07, 6.45) is 3.20. The van der Waals surface area contributed by atoms with Crippen molar-refractivity contribution in [3.8, 4) is 0 Å². The Labute approximate surface area is 196 Å². The summed E-state index contributed by atoms with van der Waals surface area (Å²) in [5.74, 6) is -2.20. The van der Waals surface area contributed by atoms with Gasteiger partial charge in [-0.1, -0.05) is 54.1 Å². The summed E-state index contributed by atoms with van der Waals surface area (Å²) in [5.41, 5.74) is 0.625. The molecule has 8 heteroatoms. The third kappa shape index (κ3) is 4.36. The van der Waals surface area contributed by atoms with E-state index < -0.39 is 28.9 Å². The molecule has 0 aromatic heterocycles. The first kappa shape index (κ1) is 22.6. The number of nitrogens with one attached hydrogen (secondary N) is 1. The van der Waals surface area contributed by atoms with Crippen molar-refractivity contribution in [2.75, 3.05) is 6.54 Å². The highest BCUT2D eigenvalue weighted by molar-refractivity contribution is 6.30. The number of carbonyl (C=O) groups is 3. The second-order valence-electron chi connectivity index (χ2n) is 8.59. The summed E-state index contributed by atoms with van der Waals surface area (Å²) in [6.45, 7) is 3.82. The highest BCUT2D eigenvalue weighted by atomic mass is 35.5. The van der Waals surface area contributed by atoms with E-state index in [4.69, 9.17) is 11.6 Å². The van der Waals surface area contributed by atoms with Crippen molar-refractivity contribution >= 4 is 29.2 Å². The Bertz CT molecular complexity index is 1170. The number of hydrogen-bond acceptors (Lipinski definition) is 5. The first-order valence-electron chi connectivity index (χ1n) is 10.5. The summed E-state index contributed by atoms with van der Waals surface area (Å²) >= 11 is 6.02. The van der Waals surface area contributed by atoms with Gasteiger partial charge in [-0.05, 0) is 37.1 Å². The lowest BCUT2D eigenvalue weighted by Gasteiger charge is -2.38. The summed E-state index contributed by atoms with van der Waals surface area (Å²) in [5, 5.41) is 13.9. The molecule has 2 aromatic carbocycles. The van der Waals surface area contributed by atoms with Gasteiger partial charge in [0.2, 0.25) is 11.7 Å². The van der Waals surface area contributed by atoms with Gasteiger partial charge >= 0.3 is 0 Å². The molecule has 33 heavy (non-hydrogen) atoms. The number of halogens is 1. The maximum Gasteiger partial charge on any atom is 0.278 e. The third-order valence-electron chi connectivity index (χ3n) is 5.94. The summed E-state index contributed by atoms with van der Waals surface area (Å²) in [6, 6.07) is 15.4. The van der Waals surface area contributed by atoms with Crippen molar-refractivity contribution in [1.29, 1.82) is 0 Å². The Balaban J connectivity index is 1.52. The normalized spacial score (nSPS) is 18.5. The smallest absolute Gasteiger partial charge is 0.278 e. The van der Waals surface area contributed by atoms with Gasteiger partial charge in [-0.2, -0.15) is 0 Å². The van der Waals surface area contributed by atoms with E-state index in [1.54, 1.807) is 44.4 Å². The lowest BCUT2D eigenvalue weighted by atomic mass is 9.83. The summed E-state index contributed by atoms with van der Waals surface area (Å²) in [7, 11) is 0. The second kappa shape index (κ2) is 8.75. The van der Waals surface area contributed by atoms with Crippen LogP contribution in [0.5, 0.6) is 0 Å². The number of hydrogen-bond donors (Lipinski definition) is 2. The quantitative estimate of drug-likeness (QED) is 0.707. The van der Waals surface area contributed by atoms with Crippen molar-refractivity contribution in [2.24, 2.45) is 0 Å². The molecule has 0 spiro atoms. The molecule has 7 nitrogen and oxygen atoms in total. The van der Waals surface area contributed by atoms with Crippen molar-refractivity contribution < 1.29 is 19.5 Å². The maximum atomic E-state index is 13.0. The van der Waals surface area contributed by atoms with E-state index in [1.165, 1.54) is 9.80 Å². The van der Waals surface area contributed by atoms with Crippen LogP contribution in [0.3, 0.4) is 0 Å². The number of Topliss-reactive ketones (excluding diaryl/α,β-unsaturated/α-hetero) is 1. The molecule has 1 unspecified atom stereocenters. The Kier molecular flexibility index (Phi) is 5.99. The van der Waals surface area contributed by atoms with E-state index >= 15 is 0 Å². The number of carbonyl (C=O) groups excluding carboxylic acids is 3. The van der Waals surface area contributed by atoms with Crippen LogP contribution in [0.15, 0.2) is 78.5 Å². The van der Waals surface area contributed by atoms with E-state index in [1.807, 2.05) is 36.4 Å². The van der Waals surface area contributed by atoms with Crippen molar-refractivity contribution in [1.82, 2.24) is 15.1 Å². The van der Waals surface area contributed by atoms with Crippen LogP contribution in [-0.2, 0) is 26.3 Å². The van der Waals surface area contributed by atoms with E-state index in [0.717, 1.165) is 11.1 Å². The minimum atomic E-state index is -0.985. The lowest BCUT2D eigenvalue weighted by Crippen LogP contribution is -2.56. The molecule has 2 N–H and O–H groups in total. The van der Waals surface area contributed by atoms with Crippen molar-refractivity contribution in [3.05, 3.63) is 94.6 Å². The molecule has 0 saturated carbocycles. The first-order chi connectivity index (χ1) is 15.7. The van der Waals surface area contributed by atoms with Gasteiger partial charge in [-0.15, -0.1) is 0 Å². The predicted molar refractivity (Wildman–Crippen MR) is 124 cm³/mol. The van der Waals surface area contributed by atoms with E-state index in [9.17, 15) is 19.5 Å². The van der Waals surface area contributed by atoms with Crippen LogP contribution >= 0.6 is 11.6 Å². The first-order valence-corrected chi connectivity index (χ1v) is 10.9. The molecule has 2 aliphatic heterocycles. The van der Waals surface area contributed by atoms with Gasteiger partial charge in [-0.3, -0.25) is 14.4 Å². The molecule has 2 heterocycles. The molecular weight excluding hydrogens is 442 g/mol. The molecule has 0 aliphatic carbocycles. The Morgan fingerprint density at radius 2 is 1.85 bits per heavy atom. The molecule has 1 atom stereocenters.